The van der Waals surface area contributed by atoms with Crippen LogP contribution in [0.3, 0.4) is 0 Å². The lowest BCUT2D eigenvalue weighted by molar-refractivity contribution is 0.303. The molecule has 4 nitrogen and oxygen atoms in total. The van der Waals surface area contributed by atoms with Crippen LogP contribution in [0.5, 0.6) is 0 Å². The highest BCUT2D eigenvalue weighted by atomic mass is 32.2. The van der Waals surface area contributed by atoms with E-state index in [0.717, 1.165) is 19.3 Å². The topological polar surface area (TPSA) is 78.4 Å². The summed E-state index contributed by atoms with van der Waals surface area (Å²) in [5.74, 6) is 0.653. The molecule has 5 heteroatoms. The van der Waals surface area contributed by atoms with Crippen molar-refractivity contribution in [2.24, 2.45) is 5.92 Å². The molecule has 0 heterocycles. The predicted molar refractivity (Wildman–Crippen MR) is 73.3 cm³/mol. The molecule has 0 unspecified atom stereocenters. The van der Waals surface area contributed by atoms with Crippen molar-refractivity contribution < 1.29 is 12.6 Å². The molecule has 0 amide bonds. The average Bonchev–Trinajstić information content (AvgIpc) is 2.29. The quantitative estimate of drug-likeness (QED) is 0.610. The first-order chi connectivity index (χ1) is 8.02. The van der Waals surface area contributed by atoms with E-state index >= 15 is 0 Å². The fraction of sp³-hybridized carbons (Fsp3) is 0.538. The maximum absolute atomic E-state index is 11.7. The standard InChI is InChI=1S/C13H20O3S.H3N/c1-12(2)8-6-7-11-16-17(14,15)13-9-4-3-5-10-13;/h3-5,9-10,12H,6-8,11H2,1-2H3;1H3. The molecule has 0 saturated heterocycles. The van der Waals surface area contributed by atoms with E-state index in [1.807, 2.05) is 0 Å². The van der Waals surface area contributed by atoms with E-state index in [0.29, 0.717) is 5.92 Å². The van der Waals surface area contributed by atoms with E-state index < -0.39 is 10.1 Å². The molecule has 0 radical (unpaired) electrons. The Hall–Kier alpha value is -0.910. The zero-order valence-corrected chi connectivity index (χ0v) is 11.9. The molecule has 0 spiro atoms. The van der Waals surface area contributed by atoms with Crippen molar-refractivity contribution in [3.63, 3.8) is 0 Å². The highest BCUT2D eigenvalue weighted by Crippen LogP contribution is 2.13. The van der Waals surface area contributed by atoms with Crippen molar-refractivity contribution in [2.45, 2.75) is 38.0 Å². The minimum absolute atomic E-state index is 0. The molecule has 1 aromatic carbocycles. The maximum Gasteiger partial charge on any atom is 0.296 e. The number of hydrogen-bond donors (Lipinski definition) is 1. The number of rotatable bonds is 7. The van der Waals surface area contributed by atoms with Gasteiger partial charge in [-0.3, -0.25) is 4.18 Å². The summed E-state index contributed by atoms with van der Waals surface area (Å²) in [6.07, 6.45) is 2.89. The van der Waals surface area contributed by atoms with Gasteiger partial charge in [-0.25, -0.2) is 0 Å². The number of benzene rings is 1. The molecule has 18 heavy (non-hydrogen) atoms. The van der Waals surface area contributed by atoms with Gasteiger partial charge in [-0.2, -0.15) is 8.42 Å². The Bertz CT molecular complexity index is 415. The van der Waals surface area contributed by atoms with Gasteiger partial charge >= 0.3 is 0 Å². The lowest BCUT2D eigenvalue weighted by Gasteiger charge is -2.06. The van der Waals surface area contributed by atoms with Crippen LogP contribution in [0.15, 0.2) is 35.2 Å². The zero-order chi connectivity index (χ0) is 12.7. The molecule has 0 aliphatic carbocycles. The Morgan fingerprint density at radius 2 is 1.72 bits per heavy atom. The second-order valence-electron chi connectivity index (χ2n) is 4.48. The molecule has 3 N–H and O–H groups in total. The van der Waals surface area contributed by atoms with Crippen LogP contribution in [-0.4, -0.2) is 15.0 Å². The lowest BCUT2D eigenvalue weighted by Crippen LogP contribution is -2.07. The zero-order valence-electron chi connectivity index (χ0n) is 11.1. The van der Waals surface area contributed by atoms with Crippen LogP contribution in [0.25, 0.3) is 0 Å². The second kappa shape index (κ2) is 8.24. The molecule has 0 aliphatic rings. The average molecular weight is 273 g/mol. The van der Waals surface area contributed by atoms with Crippen LogP contribution >= 0.6 is 0 Å². The predicted octanol–water partition coefficient (Wildman–Crippen LogP) is 3.38. The maximum atomic E-state index is 11.7. The van der Waals surface area contributed by atoms with Crippen LogP contribution in [-0.2, 0) is 14.3 Å². The van der Waals surface area contributed by atoms with Gasteiger partial charge in [0.05, 0.1) is 11.5 Å². The number of hydrogen-bond acceptors (Lipinski definition) is 4. The van der Waals surface area contributed by atoms with Gasteiger partial charge < -0.3 is 6.15 Å². The first kappa shape index (κ1) is 17.1. The summed E-state index contributed by atoms with van der Waals surface area (Å²) in [5.41, 5.74) is 0. The summed E-state index contributed by atoms with van der Waals surface area (Å²) >= 11 is 0. The minimum atomic E-state index is -3.56. The van der Waals surface area contributed by atoms with Crippen molar-refractivity contribution in [2.75, 3.05) is 6.61 Å². The van der Waals surface area contributed by atoms with Crippen LogP contribution in [0, 0.1) is 5.92 Å². The molecular formula is C13H23NO3S. The molecule has 0 aromatic heterocycles. The fourth-order valence-electron chi connectivity index (χ4n) is 1.48. The summed E-state index contributed by atoms with van der Waals surface area (Å²) < 4.78 is 28.4. The van der Waals surface area contributed by atoms with Gasteiger partial charge in [0.25, 0.3) is 10.1 Å². The van der Waals surface area contributed by atoms with Crippen LogP contribution in [0.4, 0.5) is 0 Å². The first-order valence-corrected chi connectivity index (χ1v) is 7.37. The van der Waals surface area contributed by atoms with Crippen LogP contribution in [0.1, 0.15) is 33.1 Å². The van der Waals surface area contributed by atoms with Gasteiger partial charge in [-0.05, 0) is 24.5 Å². The molecule has 0 aliphatic heterocycles. The third kappa shape index (κ3) is 6.14. The Morgan fingerprint density at radius 3 is 2.28 bits per heavy atom. The van der Waals surface area contributed by atoms with Crippen molar-refractivity contribution in [3.05, 3.63) is 30.3 Å². The van der Waals surface area contributed by atoms with Crippen molar-refractivity contribution in [1.29, 1.82) is 0 Å². The molecule has 0 atom stereocenters. The smallest absolute Gasteiger partial charge is 0.296 e. The summed E-state index contributed by atoms with van der Waals surface area (Å²) in [7, 11) is -3.56. The Kier molecular flexibility index (Phi) is 7.82. The van der Waals surface area contributed by atoms with Gasteiger partial charge in [0.15, 0.2) is 0 Å². The Morgan fingerprint density at radius 1 is 1.11 bits per heavy atom. The molecule has 1 aromatic rings. The fourth-order valence-corrected chi connectivity index (χ4v) is 2.44. The largest absolute Gasteiger partial charge is 0.344 e. The first-order valence-electron chi connectivity index (χ1n) is 5.97. The van der Waals surface area contributed by atoms with Gasteiger partial charge in [-0.15, -0.1) is 0 Å². The number of unbranched alkanes of at least 4 members (excludes halogenated alkanes) is 1. The third-order valence-electron chi connectivity index (χ3n) is 2.45. The van der Waals surface area contributed by atoms with E-state index in [1.165, 1.54) is 0 Å². The molecule has 0 bridgehead atoms. The lowest BCUT2D eigenvalue weighted by atomic mass is 10.1. The normalized spacial score (nSPS) is 11.3. The summed E-state index contributed by atoms with van der Waals surface area (Å²) in [6.45, 7) is 4.58. The molecule has 0 fully saturated rings. The highest BCUT2D eigenvalue weighted by Gasteiger charge is 2.13. The second-order valence-corrected chi connectivity index (χ2v) is 6.09. The van der Waals surface area contributed by atoms with Crippen LogP contribution in [0.2, 0.25) is 0 Å². The molecular weight excluding hydrogens is 250 g/mol. The Labute approximate surface area is 110 Å². The van der Waals surface area contributed by atoms with E-state index in [-0.39, 0.29) is 17.7 Å². The van der Waals surface area contributed by atoms with E-state index in [1.54, 1.807) is 30.3 Å². The highest BCUT2D eigenvalue weighted by molar-refractivity contribution is 7.86. The van der Waals surface area contributed by atoms with Gasteiger partial charge in [0, 0.05) is 0 Å². The monoisotopic (exact) mass is 273 g/mol. The van der Waals surface area contributed by atoms with Gasteiger partial charge in [0.1, 0.15) is 0 Å². The summed E-state index contributed by atoms with van der Waals surface area (Å²) in [6, 6.07) is 8.25. The summed E-state index contributed by atoms with van der Waals surface area (Å²) in [5, 5.41) is 0. The van der Waals surface area contributed by atoms with Crippen LogP contribution < -0.4 is 6.15 Å². The summed E-state index contributed by atoms with van der Waals surface area (Å²) in [4.78, 5) is 0.226. The van der Waals surface area contributed by atoms with E-state index in [2.05, 4.69) is 13.8 Å². The Balaban J connectivity index is 0.00000289. The SMILES string of the molecule is CC(C)CCCCOS(=O)(=O)c1ccccc1.N. The van der Waals surface area contributed by atoms with Crippen molar-refractivity contribution in [1.82, 2.24) is 6.15 Å². The minimum Gasteiger partial charge on any atom is -0.344 e. The van der Waals surface area contributed by atoms with Crippen molar-refractivity contribution >= 4 is 10.1 Å². The van der Waals surface area contributed by atoms with Crippen molar-refractivity contribution in [3.8, 4) is 0 Å². The van der Waals surface area contributed by atoms with Gasteiger partial charge in [0.2, 0.25) is 0 Å². The molecule has 0 saturated carbocycles. The third-order valence-corrected chi connectivity index (χ3v) is 3.77. The molecule has 1 rings (SSSR count). The van der Waals surface area contributed by atoms with E-state index in [4.69, 9.17) is 4.18 Å². The van der Waals surface area contributed by atoms with E-state index in [9.17, 15) is 8.42 Å². The molecule has 104 valence electrons. The van der Waals surface area contributed by atoms with Gasteiger partial charge in [-0.1, -0.05) is 44.9 Å².